The molecule has 0 fully saturated rings. The van der Waals surface area contributed by atoms with Gasteiger partial charge in [0.25, 0.3) is 0 Å². The predicted molar refractivity (Wildman–Crippen MR) is 85.9 cm³/mol. The first-order chi connectivity index (χ1) is 9.80. The van der Waals surface area contributed by atoms with Crippen molar-refractivity contribution in [1.82, 2.24) is 0 Å². The summed E-state index contributed by atoms with van der Waals surface area (Å²) in [5, 5.41) is 1.02. The van der Waals surface area contributed by atoms with Crippen LogP contribution in [-0.2, 0) is 15.9 Å². The first-order valence-corrected chi connectivity index (χ1v) is 8.18. The van der Waals surface area contributed by atoms with Crippen molar-refractivity contribution in [3.05, 3.63) is 29.8 Å². The van der Waals surface area contributed by atoms with E-state index in [1.807, 2.05) is 12.1 Å². The van der Waals surface area contributed by atoms with Crippen LogP contribution in [0.25, 0.3) is 0 Å². The Hall–Kier alpha value is -0.580. The van der Waals surface area contributed by atoms with Crippen LogP contribution in [0.5, 0.6) is 5.75 Å². The van der Waals surface area contributed by atoms with E-state index in [0.717, 1.165) is 30.5 Å². The third-order valence-electron chi connectivity index (χ3n) is 3.23. The second-order valence-corrected chi connectivity index (χ2v) is 5.47. The minimum atomic E-state index is 0.648. The van der Waals surface area contributed by atoms with E-state index in [9.17, 15) is 0 Å². The lowest BCUT2D eigenvalue weighted by Gasteiger charge is -2.14. The van der Waals surface area contributed by atoms with E-state index in [1.165, 1.54) is 12.0 Å². The molecule has 1 aromatic carbocycles. The second-order valence-electron chi connectivity index (χ2n) is 4.82. The number of hydrogen-bond acceptors (Lipinski definition) is 3. The lowest BCUT2D eigenvalue weighted by Crippen LogP contribution is -2.09. The van der Waals surface area contributed by atoms with Crippen molar-refractivity contribution >= 4 is 15.9 Å². The van der Waals surface area contributed by atoms with E-state index in [-0.39, 0.29) is 0 Å². The molecule has 0 heterocycles. The molecule has 1 aromatic rings. The van der Waals surface area contributed by atoms with Crippen molar-refractivity contribution in [2.75, 3.05) is 39.4 Å². The Bertz CT molecular complexity index is 340. The molecule has 1 atom stereocenters. The maximum absolute atomic E-state index is 5.49. The van der Waals surface area contributed by atoms with E-state index in [0.29, 0.717) is 19.1 Å². The smallest absolute Gasteiger partial charge is 0.118 e. The molecule has 114 valence electrons. The van der Waals surface area contributed by atoms with E-state index in [1.54, 1.807) is 14.2 Å². The Labute approximate surface area is 130 Å². The number of ether oxygens (including phenoxy) is 3. The average molecular weight is 345 g/mol. The minimum absolute atomic E-state index is 0.648. The molecule has 1 unspecified atom stereocenters. The zero-order valence-electron chi connectivity index (χ0n) is 12.4. The maximum atomic E-state index is 5.49. The molecule has 0 aliphatic heterocycles. The Morgan fingerprint density at radius 1 is 1.05 bits per heavy atom. The van der Waals surface area contributed by atoms with Crippen LogP contribution >= 0.6 is 15.9 Å². The summed E-state index contributed by atoms with van der Waals surface area (Å²) in [6, 6.07) is 8.33. The van der Waals surface area contributed by atoms with Gasteiger partial charge in [-0.1, -0.05) is 28.1 Å². The summed E-state index contributed by atoms with van der Waals surface area (Å²) < 4.78 is 15.6. The number of benzene rings is 1. The molecule has 0 spiro atoms. The van der Waals surface area contributed by atoms with E-state index >= 15 is 0 Å². The first-order valence-electron chi connectivity index (χ1n) is 7.05. The van der Waals surface area contributed by atoms with Gasteiger partial charge in [-0.15, -0.1) is 0 Å². The highest BCUT2D eigenvalue weighted by Crippen LogP contribution is 2.19. The van der Waals surface area contributed by atoms with Crippen LogP contribution in [0.3, 0.4) is 0 Å². The molecule has 0 radical (unpaired) electrons. The molecule has 0 amide bonds. The summed E-state index contributed by atoms with van der Waals surface area (Å²) >= 11 is 3.61. The highest BCUT2D eigenvalue weighted by atomic mass is 79.9. The van der Waals surface area contributed by atoms with Crippen LogP contribution in [0, 0.1) is 5.92 Å². The molecule has 0 aliphatic rings. The van der Waals surface area contributed by atoms with Gasteiger partial charge in [0.2, 0.25) is 0 Å². The predicted octanol–water partition coefficient (Wildman–Crippen LogP) is 3.69. The summed E-state index contributed by atoms with van der Waals surface area (Å²) in [7, 11) is 3.39. The van der Waals surface area contributed by atoms with Gasteiger partial charge in [0.1, 0.15) is 5.75 Å². The lowest BCUT2D eigenvalue weighted by molar-refractivity contribution is 0.0675. The van der Waals surface area contributed by atoms with Gasteiger partial charge in [-0.3, -0.25) is 0 Å². The Morgan fingerprint density at radius 2 is 1.80 bits per heavy atom. The van der Waals surface area contributed by atoms with Crippen molar-refractivity contribution < 1.29 is 14.2 Å². The van der Waals surface area contributed by atoms with Crippen LogP contribution in [-0.4, -0.2) is 39.4 Å². The molecule has 0 aromatic heterocycles. The van der Waals surface area contributed by atoms with Crippen molar-refractivity contribution in [2.24, 2.45) is 5.92 Å². The summed E-state index contributed by atoms with van der Waals surface area (Å²) in [6.07, 6.45) is 3.35. The Balaban J connectivity index is 2.24. The molecule has 0 saturated heterocycles. The number of hydrogen-bond donors (Lipinski definition) is 0. The third-order valence-corrected chi connectivity index (χ3v) is 4.15. The number of rotatable bonds is 11. The van der Waals surface area contributed by atoms with Gasteiger partial charge in [-0.25, -0.2) is 0 Å². The normalized spacial score (nSPS) is 12.3. The topological polar surface area (TPSA) is 27.7 Å². The number of methoxy groups -OCH3 is 2. The quantitative estimate of drug-likeness (QED) is 0.452. The highest BCUT2D eigenvalue weighted by Gasteiger charge is 2.08. The largest absolute Gasteiger partial charge is 0.497 e. The van der Waals surface area contributed by atoms with Crippen LogP contribution in [0.2, 0.25) is 0 Å². The minimum Gasteiger partial charge on any atom is -0.497 e. The van der Waals surface area contributed by atoms with Gasteiger partial charge in [0, 0.05) is 19.0 Å². The first kappa shape index (κ1) is 17.5. The third kappa shape index (κ3) is 7.27. The molecule has 20 heavy (non-hydrogen) atoms. The summed E-state index contributed by atoms with van der Waals surface area (Å²) in [6.45, 7) is 2.18. The molecule has 0 bridgehead atoms. The van der Waals surface area contributed by atoms with Gasteiger partial charge in [-0.2, -0.15) is 0 Å². The number of alkyl halides is 1. The zero-order chi connectivity index (χ0) is 14.6. The van der Waals surface area contributed by atoms with Crippen molar-refractivity contribution in [3.63, 3.8) is 0 Å². The monoisotopic (exact) mass is 344 g/mol. The second kappa shape index (κ2) is 11.1. The fraction of sp³-hybridized carbons (Fsp3) is 0.625. The number of halogens is 1. The van der Waals surface area contributed by atoms with E-state index in [2.05, 4.69) is 28.1 Å². The van der Waals surface area contributed by atoms with E-state index in [4.69, 9.17) is 14.2 Å². The fourth-order valence-corrected chi connectivity index (χ4v) is 2.60. The molecular weight excluding hydrogens is 320 g/mol. The standard InChI is InChI=1S/C16H25BrO3/c1-18-10-11-20-9-3-4-15(13-17)12-14-5-7-16(19-2)8-6-14/h5-8,15H,3-4,9-13H2,1-2H3. The van der Waals surface area contributed by atoms with Crippen molar-refractivity contribution in [3.8, 4) is 5.75 Å². The molecule has 0 saturated carbocycles. The molecule has 4 heteroatoms. The highest BCUT2D eigenvalue weighted by molar-refractivity contribution is 9.09. The molecule has 3 nitrogen and oxygen atoms in total. The molecule has 1 rings (SSSR count). The van der Waals surface area contributed by atoms with Gasteiger partial charge in [0.15, 0.2) is 0 Å². The molecule has 0 N–H and O–H groups in total. The average Bonchev–Trinajstić information content (AvgIpc) is 2.50. The summed E-state index contributed by atoms with van der Waals surface area (Å²) in [5.41, 5.74) is 1.36. The summed E-state index contributed by atoms with van der Waals surface area (Å²) in [4.78, 5) is 0. The van der Waals surface area contributed by atoms with Gasteiger partial charge < -0.3 is 14.2 Å². The molecule has 0 aliphatic carbocycles. The van der Waals surface area contributed by atoms with Crippen LogP contribution in [0.15, 0.2) is 24.3 Å². The van der Waals surface area contributed by atoms with Gasteiger partial charge in [-0.05, 0) is 42.9 Å². The van der Waals surface area contributed by atoms with Crippen molar-refractivity contribution in [1.29, 1.82) is 0 Å². The SMILES string of the molecule is COCCOCCCC(CBr)Cc1ccc(OC)cc1. The van der Waals surface area contributed by atoms with Crippen molar-refractivity contribution in [2.45, 2.75) is 19.3 Å². The van der Waals surface area contributed by atoms with Gasteiger partial charge in [0.05, 0.1) is 20.3 Å². The Morgan fingerprint density at radius 3 is 2.40 bits per heavy atom. The molecular formula is C16H25BrO3. The lowest BCUT2D eigenvalue weighted by atomic mass is 9.97. The van der Waals surface area contributed by atoms with E-state index < -0.39 is 0 Å². The zero-order valence-corrected chi connectivity index (χ0v) is 14.0. The fourth-order valence-electron chi connectivity index (χ4n) is 2.05. The van der Waals surface area contributed by atoms with Crippen LogP contribution in [0.4, 0.5) is 0 Å². The Kier molecular flexibility index (Phi) is 9.71. The maximum Gasteiger partial charge on any atom is 0.118 e. The summed E-state index contributed by atoms with van der Waals surface area (Å²) in [5.74, 6) is 1.56. The van der Waals surface area contributed by atoms with Crippen LogP contribution in [0.1, 0.15) is 18.4 Å². The van der Waals surface area contributed by atoms with Crippen LogP contribution < -0.4 is 4.74 Å². The van der Waals surface area contributed by atoms with Gasteiger partial charge >= 0.3 is 0 Å².